The van der Waals surface area contributed by atoms with Crippen LogP contribution in [-0.2, 0) is 23.7 Å². The van der Waals surface area contributed by atoms with Crippen molar-refractivity contribution >= 4 is 5.97 Å². The van der Waals surface area contributed by atoms with E-state index in [0.717, 1.165) is 11.1 Å². The average Bonchev–Trinajstić information content (AvgIpc) is 2.98. The van der Waals surface area contributed by atoms with Gasteiger partial charge in [-0.15, -0.1) is 0 Å². The molecule has 0 radical (unpaired) electrons. The maximum Gasteiger partial charge on any atom is 0.303 e. The summed E-state index contributed by atoms with van der Waals surface area (Å²) in [6.07, 6.45) is 0.711. The van der Waals surface area contributed by atoms with E-state index in [0.29, 0.717) is 19.4 Å². The number of carbonyl (C=O) groups excluding carboxylic acids is 1. The second kappa shape index (κ2) is 7.39. The first-order valence-corrected chi connectivity index (χ1v) is 12.6. The van der Waals surface area contributed by atoms with Gasteiger partial charge in [0, 0.05) is 36.0 Å². The summed E-state index contributed by atoms with van der Waals surface area (Å²) >= 11 is 0. The number of aliphatic hydroxyl groups excluding tert-OH is 1. The van der Waals surface area contributed by atoms with Crippen LogP contribution in [0.15, 0.2) is 23.8 Å². The largest absolute Gasteiger partial charge is 0.454 e. The fourth-order valence-corrected chi connectivity index (χ4v) is 9.17. The molecule has 4 fully saturated rings. The molecule has 2 heterocycles. The van der Waals surface area contributed by atoms with Crippen molar-refractivity contribution in [2.24, 2.45) is 28.6 Å². The highest BCUT2D eigenvalue weighted by Crippen LogP contribution is 2.71. The molecule has 2 unspecified atom stereocenters. The first-order chi connectivity index (χ1) is 15.8. The molecule has 0 amide bonds. The summed E-state index contributed by atoms with van der Waals surface area (Å²) in [6.45, 7) is 17.8. The van der Waals surface area contributed by atoms with Crippen LogP contribution >= 0.6 is 0 Å². The quantitative estimate of drug-likeness (QED) is 0.477. The lowest BCUT2D eigenvalue weighted by Gasteiger charge is -2.68. The Bertz CT molecular complexity index is 936. The van der Waals surface area contributed by atoms with Gasteiger partial charge in [-0.1, -0.05) is 32.9 Å². The van der Waals surface area contributed by atoms with Crippen molar-refractivity contribution in [1.29, 1.82) is 0 Å². The van der Waals surface area contributed by atoms with Crippen LogP contribution in [0, 0.1) is 28.6 Å². The third-order valence-corrected chi connectivity index (χ3v) is 10.3. The summed E-state index contributed by atoms with van der Waals surface area (Å²) in [7, 11) is 0. The predicted octanol–water partition coefficient (Wildman–Crippen LogP) is 3.13. The van der Waals surface area contributed by atoms with Crippen molar-refractivity contribution in [3.63, 3.8) is 0 Å². The van der Waals surface area contributed by atoms with Crippen molar-refractivity contribution in [1.82, 2.24) is 0 Å². The standard InChI is InChI=1S/C27H40O7/c1-9-20-32-18-10-19-27(12-31-19,34-16(5)28)22-15(4)26(24(6,7)30)11-17(29)13(2)21(26)14(3)23(33-20)25(18,22)8/h9,14-15,17-20,22-23,29-30H,1,10-12H2,2-8H3/t14-,15-,17-,18-,19?,20?,22-,23-,25+,26+,27-/m0/s1. The van der Waals surface area contributed by atoms with Crippen LogP contribution in [0.4, 0.5) is 0 Å². The summed E-state index contributed by atoms with van der Waals surface area (Å²) in [4.78, 5) is 12.4. The van der Waals surface area contributed by atoms with E-state index in [2.05, 4.69) is 27.4 Å². The molecule has 7 nitrogen and oxygen atoms in total. The Labute approximate surface area is 202 Å². The van der Waals surface area contributed by atoms with Crippen LogP contribution in [0.3, 0.4) is 0 Å². The molecule has 190 valence electrons. The number of hydrogen-bond donors (Lipinski definition) is 2. The summed E-state index contributed by atoms with van der Waals surface area (Å²) in [6, 6.07) is 0. The molecule has 0 aromatic carbocycles. The minimum atomic E-state index is -1.14. The van der Waals surface area contributed by atoms with Gasteiger partial charge < -0.3 is 29.2 Å². The van der Waals surface area contributed by atoms with Crippen LogP contribution in [0.5, 0.6) is 0 Å². The van der Waals surface area contributed by atoms with Crippen LogP contribution in [0.1, 0.15) is 61.3 Å². The van der Waals surface area contributed by atoms with E-state index in [1.165, 1.54) is 6.92 Å². The fourth-order valence-electron chi connectivity index (χ4n) is 9.17. The Morgan fingerprint density at radius 2 is 1.94 bits per heavy atom. The lowest BCUT2D eigenvalue weighted by Crippen LogP contribution is -2.78. The number of carbonyl (C=O) groups is 1. The molecule has 0 aromatic heterocycles. The van der Waals surface area contributed by atoms with Crippen LogP contribution in [0.2, 0.25) is 0 Å². The molecule has 34 heavy (non-hydrogen) atoms. The van der Waals surface area contributed by atoms with Crippen LogP contribution in [-0.4, -0.2) is 64.7 Å². The zero-order valence-corrected chi connectivity index (χ0v) is 21.5. The van der Waals surface area contributed by atoms with Gasteiger partial charge in [-0.3, -0.25) is 4.79 Å². The molecule has 2 saturated carbocycles. The number of rotatable bonds is 3. The SMILES string of the molecule is C=CC1O[C@H]2CC3OC[C@@]3(OC(C)=O)[C@H]3[C@H](C)[C@]4(C(C)(C)O)C[C@H](O)C(C)=C4[C@H](C)[C@H](O1)[C@]23C. The lowest BCUT2D eigenvalue weighted by molar-refractivity contribution is -0.387. The topological polar surface area (TPSA) is 94.5 Å². The monoisotopic (exact) mass is 476 g/mol. The van der Waals surface area contributed by atoms with E-state index in [1.54, 1.807) is 6.08 Å². The highest BCUT2D eigenvalue weighted by molar-refractivity contribution is 5.67. The minimum Gasteiger partial charge on any atom is -0.454 e. The molecule has 0 spiro atoms. The van der Waals surface area contributed by atoms with E-state index in [9.17, 15) is 15.0 Å². The average molecular weight is 477 g/mol. The number of esters is 1. The lowest BCUT2D eigenvalue weighted by atomic mass is 9.47. The van der Waals surface area contributed by atoms with Gasteiger partial charge in [-0.05, 0) is 44.8 Å². The van der Waals surface area contributed by atoms with E-state index < -0.39 is 34.4 Å². The van der Waals surface area contributed by atoms with E-state index in [4.69, 9.17) is 18.9 Å². The molecule has 2 saturated heterocycles. The molecule has 5 aliphatic rings. The molecule has 11 atom stereocenters. The normalized spacial score (nSPS) is 52.0. The van der Waals surface area contributed by atoms with Gasteiger partial charge in [0.1, 0.15) is 6.10 Å². The maximum atomic E-state index is 12.4. The van der Waals surface area contributed by atoms with Gasteiger partial charge >= 0.3 is 5.97 Å². The van der Waals surface area contributed by atoms with Gasteiger partial charge in [-0.25, -0.2) is 0 Å². The van der Waals surface area contributed by atoms with Gasteiger partial charge in [-0.2, -0.15) is 0 Å². The Morgan fingerprint density at radius 3 is 2.47 bits per heavy atom. The third kappa shape index (κ3) is 2.74. The highest BCUT2D eigenvalue weighted by Gasteiger charge is 2.77. The van der Waals surface area contributed by atoms with Crippen LogP contribution in [0.25, 0.3) is 0 Å². The summed E-state index contributed by atoms with van der Waals surface area (Å²) in [5.41, 5.74) is -1.25. The molecule has 3 aliphatic carbocycles. The Kier molecular flexibility index (Phi) is 5.31. The zero-order chi connectivity index (χ0) is 25.0. The number of fused-ring (bicyclic) bond motifs is 3. The minimum absolute atomic E-state index is 0.0956. The van der Waals surface area contributed by atoms with Gasteiger partial charge in [0.15, 0.2) is 11.9 Å². The molecule has 5 rings (SSSR count). The number of aliphatic hydroxyl groups is 2. The Hall–Kier alpha value is -1.25. The second-order valence-corrected chi connectivity index (χ2v) is 12.1. The van der Waals surface area contributed by atoms with Crippen LogP contribution < -0.4 is 0 Å². The molecular formula is C27H40O7. The fraction of sp³-hybridized carbons (Fsp3) is 0.815. The van der Waals surface area contributed by atoms with E-state index >= 15 is 0 Å². The molecule has 2 N–H and O–H groups in total. The van der Waals surface area contributed by atoms with Gasteiger partial charge in [0.05, 0.1) is 30.5 Å². The number of ether oxygens (including phenoxy) is 4. The zero-order valence-electron chi connectivity index (χ0n) is 21.5. The Morgan fingerprint density at radius 1 is 1.26 bits per heavy atom. The van der Waals surface area contributed by atoms with E-state index in [-0.39, 0.29) is 42.0 Å². The van der Waals surface area contributed by atoms with Gasteiger partial charge in [0.2, 0.25) is 0 Å². The van der Waals surface area contributed by atoms with Crippen molar-refractivity contribution < 1.29 is 34.0 Å². The first kappa shape index (κ1) is 24.4. The molecule has 0 bridgehead atoms. The molecule has 7 heteroatoms. The molecule has 2 aliphatic heterocycles. The highest BCUT2D eigenvalue weighted by atomic mass is 16.7. The first-order valence-electron chi connectivity index (χ1n) is 12.6. The van der Waals surface area contributed by atoms with Crippen molar-refractivity contribution in [2.45, 2.75) is 103 Å². The Balaban J connectivity index is 1.81. The predicted molar refractivity (Wildman–Crippen MR) is 125 cm³/mol. The van der Waals surface area contributed by atoms with Gasteiger partial charge in [0.25, 0.3) is 0 Å². The summed E-state index contributed by atoms with van der Waals surface area (Å²) < 4.78 is 25.3. The second-order valence-electron chi connectivity index (χ2n) is 12.1. The summed E-state index contributed by atoms with van der Waals surface area (Å²) in [5, 5.41) is 23.0. The molecular weight excluding hydrogens is 436 g/mol. The maximum absolute atomic E-state index is 12.4. The van der Waals surface area contributed by atoms with Crippen molar-refractivity contribution in [3.05, 3.63) is 23.8 Å². The van der Waals surface area contributed by atoms with E-state index in [1.807, 2.05) is 20.8 Å². The molecule has 0 aromatic rings. The van der Waals surface area contributed by atoms with Crippen molar-refractivity contribution in [2.75, 3.05) is 6.61 Å². The number of hydrogen-bond acceptors (Lipinski definition) is 7. The smallest absolute Gasteiger partial charge is 0.303 e. The summed E-state index contributed by atoms with van der Waals surface area (Å²) in [5.74, 6) is -0.815. The van der Waals surface area contributed by atoms with Crippen molar-refractivity contribution in [3.8, 4) is 0 Å². The third-order valence-electron chi connectivity index (χ3n) is 10.3.